The summed E-state index contributed by atoms with van der Waals surface area (Å²) < 4.78 is 5.09. The minimum Gasteiger partial charge on any atom is -0.385 e. The Kier molecular flexibility index (Phi) is 6.34. The lowest BCUT2D eigenvalue weighted by atomic mass is 10.1. The van der Waals surface area contributed by atoms with Gasteiger partial charge in [0.2, 0.25) is 5.95 Å². The van der Waals surface area contributed by atoms with Crippen LogP contribution in [0.2, 0.25) is 0 Å². The number of ether oxygens (including phenoxy) is 1. The van der Waals surface area contributed by atoms with Crippen LogP contribution in [0.4, 0.5) is 17.5 Å². The zero-order chi connectivity index (χ0) is 18.9. The van der Waals surface area contributed by atoms with Gasteiger partial charge in [0.05, 0.1) is 17.3 Å². The minimum atomic E-state index is 0.473. The summed E-state index contributed by atoms with van der Waals surface area (Å²) in [5.41, 5.74) is 3.18. The van der Waals surface area contributed by atoms with Gasteiger partial charge in [0.15, 0.2) is 0 Å². The molecule has 0 amide bonds. The van der Waals surface area contributed by atoms with Gasteiger partial charge in [-0.3, -0.25) is 0 Å². The third-order valence-electron chi connectivity index (χ3n) is 3.87. The molecular formula is C21H21N5O. The van der Waals surface area contributed by atoms with Gasteiger partial charge in [0, 0.05) is 37.6 Å². The fourth-order valence-corrected chi connectivity index (χ4v) is 2.58. The van der Waals surface area contributed by atoms with Crippen LogP contribution in [0.3, 0.4) is 0 Å². The molecule has 0 saturated heterocycles. The molecule has 0 bridgehead atoms. The number of nitrogens with zero attached hydrogens (tertiary/aromatic N) is 3. The summed E-state index contributed by atoms with van der Waals surface area (Å²) in [7, 11) is 1.69. The van der Waals surface area contributed by atoms with Gasteiger partial charge >= 0.3 is 0 Å². The topological polar surface area (TPSA) is 82.9 Å². The largest absolute Gasteiger partial charge is 0.385 e. The van der Waals surface area contributed by atoms with E-state index in [1.165, 1.54) is 0 Å². The molecule has 2 aromatic carbocycles. The van der Waals surface area contributed by atoms with Gasteiger partial charge in [0.1, 0.15) is 5.82 Å². The fourth-order valence-electron chi connectivity index (χ4n) is 2.58. The second-order valence-corrected chi connectivity index (χ2v) is 5.92. The van der Waals surface area contributed by atoms with Crippen molar-refractivity contribution in [3.05, 3.63) is 66.2 Å². The lowest BCUT2D eigenvalue weighted by molar-refractivity contribution is 0.198. The van der Waals surface area contributed by atoms with E-state index in [1.54, 1.807) is 19.2 Å². The van der Waals surface area contributed by atoms with Crippen LogP contribution in [-0.4, -0.2) is 30.2 Å². The second kappa shape index (κ2) is 9.32. The molecule has 27 heavy (non-hydrogen) atoms. The normalized spacial score (nSPS) is 10.2. The first-order valence-electron chi connectivity index (χ1n) is 8.73. The molecule has 1 aromatic heterocycles. The number of aromatic nitrogens is 2. The molecule has 3 rings (SSSR count). The molecule has 1 heterocycles. The summed E-state index contributed by atoms with van der Waals surface area (Å²) in [5.74, 6) is 1.21. The van der Waals surface area contributed by atoms with Crippen molar-refractivity contribution in [3.8, 4) is 17.3 Å². The summed E-state index contributed by atoms with van der Waals surface area (Å²) in [5, 5.41) is 15.6. The summed E-state index contributed by atoms with van der Waals surface area (Å²) in [6.45, 7) is 1.44. The predicted molar refractivity (Wildman–Crippen MR) is 107 cm³/mol. The zero-order valence-corrected chi connectivity index (χ0v) is 15.1. The van der Waals surface area contributed by atoms with Crippen LogP contribution in [0.5, 0.6) is 0 Å². The Morgan fingerprint density at radius 2 is 1.89 bits per heavy atom. The first kappa shape index (κ1) is 18.4. The van der Waals surface area contributed by atoms with Gasteiger partial charge < -0.3 is 15.4 Å². The van der Waals surface area contributed by atoms with E-state index in [2.05, 4.69) is 26.7 Å². The number of nitriles is 1. The highest BCUT2D eigenvalue weighted by molar-refractivity contribution is 5.66. The van der Waals surface area contributed by atoms with Crippen molar-refractivity contribution in [1.82, 2.24) is 9.97 Å². The number of nitrogens with one attached hydrogen (secondary N) is 2. The lowest BCUT2D eigenvalue weighted by Gasteiger charge is -2.11. The molecule has 0 unspecified atom stereocenters. The molecule has 136 valence electrons. The van der Waals surface area contributed by atoms with E-state index in [1.807, 2.05) is 48.5 Å². The molecule has 0 saturated carbocycles. The average molecular weight is 359 g/mol. The number of benzene rings is 2. The van der Waals surface area contributed by atoms with Gasteiger partial charge in [-0.2, -0.15) is 10.2 Å². The molecule has 0 aliphatic carbocycles. The molecule has 0 radical (unpaired) electrons. The van der Waals surface area contributed by atoms with Crippen LogP contribution >= 0.6 is 0 Å². The quantitative estimate of drug-likeness (QED) is 0.586. The first-order valence-corrected chi connectivity index (χ1v) is 8.73. The summed E-state index contributed by atoms with van der Waals surface area (Å²) in [6.07, 6.45) is 0.883. The van der Waals surface area contributed by atoms with E-state index >= 15 is 0 Å². The smallest absolute Gasteiger partial charge is 0.229 e. The van der Waals surface area contributed by atoms with E-state index in [-0.39, 0.29) is 0 Å². The molecule has 2 N–H and O–H groups in total. The Hall–Kier alpha value is -3.43. The monoisotopic (exact) mass is 359 g/mol. The molecule has 0 aliphatic rings. The van der Waals surface area contributed by atoms with E-state index < -0.39 is 0 Å². The maximum atomic E-state index is 9.08. The van der Waals surface area contributed by atoms with Crippen molar-refractivity contribution < 1.29 is 4.74 Å². The zero-order valence-electron chi connectivity index (χ0n) is 15.1. The van der Waals surface area contributed by atoms with Gasteiger partial charge in [-0.25, -0.2) is 4.98 Å². The highest BCUT2D eigenvalue weighted by Crippen LogP contribution is 2.23. The van der Waals surface area contributed by atoms with Crippen LogP contribution in [0.15, 0.2) is 60.7 Å². The summed E-state index contributed by atoms with van der Waals surface area (Å²) >= 11 is 0. The van der Waals surface area contributed by atoms with Crippen molar-refractivity contribution in [1.29, 1.82) is 5.26 Å². The third-order valence-corrected chi connectivity index (χ3v) is 3.87. The molecule has 0 spiro atoms. The van der Waals surface area contributed by atoms with Gasteiger partial charge in [-0.1, -0.05) is 36.4 Å². The van der Waals surface area contributed by atoms with Crippen LogP contribution < -0.4 is 10.6 Å². The minimum absolute atomic E-state index is 0.473. The second-order valence-electron chi connectivity index (χ2n) is 5.92. The SMILES string of the molecule is COCCCNc1cc(-c2ccccc2)nc(Nc2cccc(C#N)c2)n1. The molecular weight excluding hydrogens is 338 g/mol. The molecule has 3 aromatic rings. The lowest BCUT2D eigenvalue weighted by Crippen LogP contribution is -2.08. The standard InChI is InChI=1S/C21H21N5O/c1-27-12-6-11-23-20-14-19(17-8-3-2-4-9-17)25-21(26-20)24-18-10-5-7-16(13-18)15-22/h2-5,7-10,13-14H,6,11-12H2,1H3,(H2,23,24,25,26). The maximum absolute atomic E-state index is 9.08. The van der Waals surface area contributed by atoms with Gasteiger partial charge in [-0.15, -0.1) is 0 Å². The van der Waals surface area contributed by atoms with E-state index in [0.717, 1.165) is 35.7 Å². The van der Waals surface area contributed by atoms with Crippen molar-refractivity contribution >= 4 is 17.5 Å². The Bertz CT molecular complexity index is 921. The van der Waals surface area contributed by atoms with Crippen molar-refractivity contribution in [2.24, 2.45) is 0 Å². The predicted octanol–water partition coefficient (Wildman–Crippen LogP) is 4.21. The third kappa shape index (κ3) is 5.27. The Balaban J connectivity index is 1.88. The van der Waals surface area contributed by atoms with Crippen LogP contribution in [0.1, 0.15) is 12.0 Å². The Morgan fingerprint density at radius 3 is 2.67 bits per heavy atom. The van der Waals surface area contributed by atoms with Crippen LogP contribution in [0.25, 0.3) is 11.3 Å². The first-order chi connectivity index (χ1) is 13.3. The van der Waals surface area contributed by atoms with Gasteiger partial charge in [0.25, 0.3) is 0 Å². The molecule has 0 aliphatic heterocycles. The number of methoxy groups -OCH3 is 1. The van der Waals surface area contributed by atoms with Crippen LogP contribution in [-0.2, 0) is 4.74 Å². The van der Waals surface area contributed by atoms with Crippen molar-refractivity contribution in [2.75, 3.05) is 30.9 Å². The Labute approximate surface area is 158 Å². The highest BCUT2D eigenvalue weighted by atomic mass is 16.5. The molecule has 6 heteroatoms. The molecule has 6 nitrogen and oxygen atoms in total. The highest BCUT2D eigenvalue weighted by Gasteiger charge is 2.07. The van der Waals surface area contributed by atoms with Gasteiger partial charge in [-0.05, 0) is 24.6 Å². The number of hydrogen-bond acceptors (Lipinski definition) is 6. The molecule has 0 atom stereocenters. The number of hydrogen-bond donors (Lipinski definition) is 2. The summed E-state index contributed by atoms with van der Waals surface area (Å²) in [4.78, 5) is 9.18. The van der Waals surface area contributed by atoms with E-state index in [4.69, 9.17) is 10.00 Å². The van der Waals surface area contributed by atoms with Crippen LogP contribution in [0, 0.1) is 11.3 Å². The fraction of sp³-hybridized carbons (Fsp3) is 0.190. The van der Waals surface area contributed by atoms with E-state index in [9.17, 15) is 0 Å². The average Bonchev–Trinajstić information content (AvgIpc) is 2.72. The number of rotatable bonds is 8. The van der Waals surface area contributed by atoms with Crippen molar-refractivity contribution in [2.45, 2.75) is 6.42 Å². The Morgan fingerprint density at radius 1 is 1.04 bits per heavy atom. The van der Waals surface area contributed by atoms with Crippen molar-refractivity contribution in [3.63, 3.8) is 0 Å². The number of anilines is 3. The van der Waals surface area contributed by atoms with E-state index in [0.29, 0.717) is 18.1 Å². The maximum Gasteiger partial charge on any atom is 0.229 e. The molecule has 0 fully saturated rings. The summed E-state index contributed by atoms with van der Waals surface area (Å²) in [6, 6.07) is 21.3.